The second-order valence-electron chi connectivity index (χ2n) is 3.03. The van der Waals surface area contributed by atoms with Crippen LogP contribution < -0.4 is 0 Å². The van der Waals surface area contributed by atoms with Gasteiger partial charge in [0.05, 0.1) is 4.47 Å². The van der Waals surface area contributed by atoms with E-state index in [0.29, 0.717) is 11.8 Å². The first-order valence-electron chi connectivity index (χ1n) is 3.73. The summed E-state index contributed by atoms with van der Waals surface area (Å²) < 4.78 is 7.24. The third-order valence-electron chi connectivity index (χ3n) is 2.15. The minimum Gasteiger partial charge on any atom is -0.453 e. The summed E-state index contributed by atoms with van der Waals surface area (Å²) in [7, 11) is 0. The first-order valence-corrected chi connectivity index (χ1v) is 5.85. The van der Waals surface area contributed by atoms with Gasteiger partial charge in [-0.15, -0.1) is 11.6 Å². The van der Waals surface area contributed by atoms with Crippen molar-refractivity contribution in [3.8, 4) is 0 Å². The van der Waals surface area contributed by atoms with Crippen LogP contribution in [-0.4, -0.2) is 5.88 Å². The fourth-order valence-electron chi connectivity index (χ4n) is 1.31. The van der Waals surface area contributed by atoms with E-state index < -0.39 is 0 Å². The maximum absolute atomic E-state index is 5.73. The molecule has 0 radical (unpaired) electrons. The van der Waals surface area contributed by atoms with E-state index in [1.54, 1.807) is 0 Å². The molecular formula is C8H7Br2ClO. The molecule has 4 heteroatoms. The van der Waals surface area contributed by atoms with Crippen molar-refractivity contribution in [2.24, 2.45) is 5.92 Å². The van der Waals surface area contributed by atoms with Gasteiger partial charge in [-0.1, -0.05) is 0 Å². The van der Waals surface area contributed by atoms with Crippen molar-refractivity contribution in [3.05, 3.63) is 21.0 Å². The summed E-state index contributed by atoms with van der Waals surface area (Å²) in [6, 6.07) is 2.02. The minimum absolute atomic E-state index is 0.546. The Hall–Kier alpha value is 0.530. The van der Waals surface area contributed by atoms with Crippen LogP contribution >= 0.6 is 43.5 Å². The first kappa shape index (κ1) is 9.10. The average molecular weight is 314 g/mol. The van der Waals surface area contributed by atoms with Gasteiger partial charge in [0.25, 0.3) is 0 Å². The standard InChI is InChI=1S/C8H7Br2ClO/c9-6-2-7(12-8(6)10)5-1-4(5)3-11/h2,4-5H,1,3H2. The van der Waals surface area contributed by atoms with Crippen molar-refractivity contribution in [1.82, 2.24) is 0 Å². The SMILES string of the molecule is ClCC1CC1c1cc(Br)c(Br)o1. The van der Waals surface area contributed by atoms with Crippen LogP contribution in [-0.2, 0) is 0 Å². The maximum atomic E-state index is 5.73. The van der Waals surface area contributed by atoms with Gasteiger partial charge in [0.1, 0.15) is 5.76 Å². The molecule has 1 aliphatic carbocycles. The molecule has 0 aliphatic heterocycles. The highest BCUT2D eigenvalue weighted by Crippen LogP contribution is 2.49. The molecule has 1 nitrogen and oxygen atoms in total. The number of rotatable bonds is 2. The predicted molar refractivity (Wildman–Crippen MR) is 55.7 cm³/mol. The second-order valence-corrected chi connectivity index (χ2v) is 4.91. The molecule has 0 spiro atoms. The van der Waals surface area contributed by atoms with E-state index in [0.717, 1.165) is 27.2 Å². The molecular weight excluding hydrogens is 307 g/mol. The molecule has 1 aliphatic rings. The first-order chi connectivity index (χ1) is 5.72. The molecule has 1 aromatic heterocycles. The second kappa shape index (κ2) is 3.35. The summed E-state index contributed by atoms with van der Waals surface area (Å²) in [5, 5.41) is 0. The normalized spacial score (nSPS) is 27.6. The Kier molecular flexibility index (Phi) is 2.54. The molecule has 0 aromatic carbocycles. The summed E-state index contributed by atoms with van der Waals surface area (Å²) in [5.74, 6) is 2.95. The van der Waals surface area contributed by atoms with Gasteiger partial charge in [-0.2, -0.15) is 0 Å². The Morgan fingerprint density at radius 2 is 2.33 bits per heavy atom. The minimum atomic E-state index is 0.546. The summed E-state index contributed by atoms with van der Waals surface area (Å²) in [6.07, 6.45) is 1.16. The average Bonchev–Trinajstić information content (AvgIpc) is 2.75. The Labute approximate surface area is 92.7 Å². The van der Waals surface area contributed by atoms with Gasteiger partial charge in [0.15, 0.2) is 4.67 Å². The highest BCUT2D eigenvalue weighted by molar-refractivity contribution is 9.13. The Balaban J connectivity index is 2.15. The fourth-order valence-corrected chi connectivity index (χ4v) is 2.26. The van der Waals surface area contributed by atoms with Gasteiger partial charge < -0.3 is 4.42 Å². The quantitative estimate of drug-likeness (QED) is 0.748. The number of furan rings is 1. The molecule has 1 aromatic rings. The lowest BCUT2D eigenvalue weighted by Gasteiger charge is -1.89. The number of hydrogen-bond acceptors (Lipinski definition) is 1. The number of alkyl halides is 1. The van der Waals surface area contributed by atoms with Gasteiger partial charge >= 0.3 is 0 Å². The Morgan fingerprint density at radius 1 is 1.58 bits per heavy atom. The van der Waals surface area contributed by atoms with Crippen LogP contribution in [0.15, 0.2) is 19.6 Å². The Bertz CT molecular complexity index is 278. The van der Waals surface area contributed by atoms with Gasteiger partial charge in [0, 0.05) is 11.8 Å². The van der Waals surface area contributed by atoms with E-state index in [2.05, 4.69) is 31.9 Å². The van der Waals surface area contributed by atoms with Crippen molar-refractivity contribution in [3.63, 3.8) is 0 Å². The van der Waals surface area contributed by atoms with Crippen LogP contribution in [0.1, 0.15) is 18.1 Å². The van der Waals surface area contributed by atoms with Gasteiger partial charge in [-0.3, -0.25) is 0 Å². The molecule has 0 N–H and O–H groups in total. The van der Waals surface area contributed by atoms with E-state index in [-0.39, 0.29) is 0 Å². The molecule has 0 saturated heterocycles. The number of halogens is 3. The predicted octanol–water partition coefficient (Wildman–Crippen LogP) is 4.15. The Morgan fingerprint density at radius 3 is 2.75 bits per heavy atom. The van der Waals surface area contributed by atoms with Crippen molar-refractivity contribution in [2.75, 3.05) is 5.88 Å². The smallest absolute Gasteiger partial charge is 0.183 e. The van der Waals surface area contributed by atoms with Crippen molar-refractivity contribution in [2.45, 2.75) is 12.3 Å². The molecule has 2 atom stereocenters. The summed E-state index contributed by atoms with van der Waals surface area (Å²) in [4.78, 5) is 0. The van der Waals surface area contributed by atoms with E-state index in [4.69, 9.17) is 16.0 Å². The van der Waals surface area contributed by atoms with E-state index in [1.165, 1.54) is 0 Å². The summed E-state index contributed by atoms with van der Waals surface area (Å²) >= 11 is 12.4. The fraction of sp³-hybridized carbons (Fsp3) is 0.500. The monoisotopic (exact) mass is 312 g/mol. The van der Waals surface area contributed by atoms with Crippen molar-refractivity contribution in [1.29, 1.82) is 0 Å². The molecule has 1 heterocycles. The molecule has 12 heavy (non-hydrogen) atoms. The van der Waals surface area contributed by atoms with Gasteiger partial charge in [-0.25, -0.2) is 0 Å². The highest BCUT2D eigenvalue weighted by Gasteiger charge is 2.40. The third kappa shape index (κ3) is 1.59. The molecule has 2 rings (SSSR count). The molecule has 0 amide bonds. The maximum Gasteiger partial charge on any atom is 0.183 e. The molecule has 0 bridgehead atoms. The highest BCUT2D eigenvalue weighted by atomic mass is 79.9. The summed E-state index contributed by atoms with van der Waals surface area (Å²) in [6.45, 7) is 0. The summed E-state index contributed by atoms with van der Waals surface area (Å²) in [5.41, 5.74) is 0. The van der Waals surface area contributed by atoms with Crippen molar-refractivity contribution >= 4 is 43.5 Å². The zero-order valence-corrected chi connectivity index (χ0v) is 10.1. The third-order valence-corrected chi connectivity index (χ3v) is 4.26. The van der Waals surface area contributed by atoms with E-state index in [1.807, 2.05) is 6.07 Å². The van der Waals surface area contributed by atoms with E-state index in [9.17, 15) is 0 Å². The lowest BCUT2D eigenvalue weighted by molar-refractivity contribution is 0.483. The van der Waals surface area contributed by atoms with Crippen LogP contribution in [0.25, 0.3) is 0 Å². The molecule has 1 fully saturated rings. The lowest BCUT2D eigenvalue weighted by atomic mass is 10.3. The molecule has 1 saturated carbocycles. The van der Waals surface area contributed by atoms with Gasteiger partial charge in [0.2, 0.25) is 0 Å². The van der Waals surface area contributed by atoms with Gasteiger partial charge in [-0.05, 0) is 50.3 Å². The molecule has 2 unspecified atom stereocenters. The zero-order valence-electron chi connectivity index (χ0n) is 6.19. The van der Waals surface area contributed by atoms with Crippen molar-refractivity contribution < 1.29 is 4.42 Å². The lowest BCUT2D eigenvalue weighted by Crippen LogP contribution is -1.80. The molecule has 66 valence electrons. The van der Waals surface area contributed by atoms with Crippen LogP contribution in [0.5, 0.6) is 0 Å². The topological polar surface area (TPSA) is 13.1 Å². The number of hydrogen-bond donors (Lipinski definition) is 0. The largest absolute Gasteiger partial charge is 0.453 e. The zero-order chi connectivity index (χ0) is 8.72. The van der Waals surface area contributed by atoms with Crippen LogP contribution in [0.4, 0.5) is 0 Å². The van der Waals surface area contributed by atoms with Crippen LogP contribution in [0.3, 0.4) is 0 Å². The van der Waals surface area contributed by atoms with Crippen LogP contribution in [0, 0.1) is 5.92 Å². The van der Waals surface area contributed by atoms with E-state index >= 15 is 0 Å². The van der Waals surface area contributed by atoms with Crippen LogP contribution in [0.2, 0.25) is 0 Å².